The predicted octanol–water partition coefficient (Wildman–Crippen LogP) is -0.830. The van der Waals surface area contributed by atoms with Crippen LogP contribution in [0, 0.1) is 0 Å². The Morgan fingerprint density at radius 2 is 1.80 bits per heavy atom. The maximum absolute atomic E-state index is 10.5. The number of hydrogen-bond acceptors (Lipinski definition) is 1. The van der Waals surface area contributed by atoms with E-state index in [4.69, 9.17) is 4.89 Å². The third-order valence-electron chi connectivity index (χ3n) is 1.89. The fraction of sp³-hybridized carbons (Fsp3) is 1.00. The van der Waals surface area contributed by atoms with Crippen molar-refractivity contribution in [2.75, 3.05) is 0 Å². The van der Waals surface area contributed by atoms with Gasteiger partial charge in [0.1, 0.15) is 0 Å². The van der Waals surface area contributed by atoms with Crippen LogP contribution in [0.15, 0.2) is 0 Å². The van der Waals surface area contributed by atoms with Gasteiger partial charge in [0.2, 0.25) is 0 Å². The Bertz CT molecular complexity index is 117. The first-order valence-electron chi connectivity index (χ1n) is 3.46. The third-order valence-corrected chi connectivity index (χ3v) is 3.03. The van der Waals surface area contributed by atoms with Crippen LogP contribution < -0.4 is 18.9 Å². The molecule has 4 heteroatoms. The fourth-order valence-corrected chi connectivity index (χ4v) is 2.11. The molecule has 0 radical (unpaired) electrons. The van der Waals surface area contributed by atoms with Gasteiger partial charge in [0.15, 0.2) is 5.66 Å². The second-order valence-electron chi connectivity index (χ2n) is 2.59. The summed E-state index contributed by atoms with van der Waals surface area (Å²) in [6, 6.07) is 0. The van der Waals surface area contributed by atoms with Crippen molar-refractivity contribution in [3.8, 4) is 0 Å². The van der Waals surface area contributed by atoms with Crippen LogP contribution in [0.4, 0.5) is 0 Å². The van der Waals surface area contributed by atoms with Gasteiger partial charge in [-0.3, -0.25) is 0 Å². The summed E-state index contributed by atoms with van der Waals surface area (Å²) in [6.45, 7) is 0. The molecule has 1 saturated carbocycles. The molecule has 0 aromatic carbocycles. The minimum Gasteiger partial charge on any atom is -1.00 e. The summed E-state index contributed by atoms with van der Waals surface area (Å²) in [6.07, 6.45) is 5.47. The first-order valence-corrected chi connectivity index (χ1v) is 4.74. The van der Waals surface area contributed by atoms with Crippen molar-refractivity contribution in [3.05, 3.63) is 0 Å². The molecule has 0 amide bonds. The Hall–Kier alpha value is 0.657. The average molecular weight is 155 g/mol. The Morgan fingerprint density at radius 3 is 2.10 bits per heavy atom. The third kappa shape index (κ3) is 3.17. The van der Waals surface area contributed by atoms with E-state index in [2.05, 4.69) is 0 Å². The van der Waals surface area contributed by atoms with E-state index in [9.17, 15) is 4.57 Å². The summed E-state index contributed by atoms with van der Waals surface area (Å²) in [5, 5.41) is 0. The van der Waals surface area contributed by atoms with Gasteiger partial charge in [0.25, 0.3) is 0 Å². The van der Waals surface area contributed by atoms with E-state index >= 15 is 0 Å². The van der Waals surface area contributed by atoms with Crippen molar-refractivity contribution in [1.82, 2.24) is 0 Å². The quantitative estimate of drug-likeness (QED) is 0.396. The van der Waals surface area contributed by atoms with Crippen LogP contribution in [0.3, 0.4) is 0 Å². The number of hydrogen-bond donors (Lipinski definition) is 1. The van der Waals surface area contributed by atoms with Gasteiger partial charge in [-0.2, -0.15) is 4.89 Å². The van der Waals surface area contributed by atoms with Crippen molar-refractivity contribution in [2.45, 2.75) is 37.8 Å². The van der Waals surface area contributed by atoms with E-state index < -0.39 is 8.03 Å². The van der Waals surface area contributed by atoms with Crippen LogP contribution in [0.2, 0.25) is 0 Å². The molecule has 1 fully saturated rings. The molecule has 0 saturated heterocycles. The maximum atomic E-state index is 10.5. The molecule has 0 aliphatic heterocycles. The van der Waals surface area contributed by atoms with E-state index in [1.807, 2.05) is 0 Å². The maximum Gasteiger partial charge on any atom is 1.00 e. The molecule has 10 heavy (non-hydrogen) atoms. The van der Waals surface area contributed by atoms with Gasteiger partial charge < -0.3 is 1.43 Å². The van der Waals surface area contributed by atoms with Gasteiger partial charge in [-0.25, -0.2) is 0 Å². The van der Waals surface area contributed by atoms with Crippen LogP contribution in [0.1, 0.15) is 33.5 Å². The topological polar surface area (TPSA) is 37.3 Å². The molecular weight excluding hydrogens is 142 g/mol. The minimum atomic E-state index is -1.87. The SMILES string of the molecule is O=[P+](O)C1CCCCC1.[H-].[Li+]. The fourth-order valence-electron chi connectivity index (χ4n) is 1.30. The Balaban J connectivity index is 0. The Labute approximate surface area is 75.9 Å². The molecule has 1 rings (SSSR count). The Morgan fingerprint density at radius 1 is 1.30 bits per heavy atom. The van der Waals surface area contributed by atoms with E-state index in [1.54, 1.807) is 0 Å². The molecule has 1 N–H and O–H groups in total. The van der Waals surface area contributed by atoms with Crippen molar-refractivity contribution >= 4 is 8.03 Å². The molecule has 0 spiro atoms. The summed E-state index contributed by atoms with van der Waals surface area (Å²) in [7, 11) is -1.87. The van der Waals surface area contributed by atoms with Crippen molar-refractivity contribution in [1.29, 1.82) is 0 Å². The summed E-state index contributed by atoms with van der Waals surface area (Å²) in [5.41, 5.74) is 0.119. The van der Waals surface area contributed by atoms with Crippen LogP contribution in [-0.4, -0.2) is 10.6 Å². The molecule has 1 atom stereocenters. The summed E-state index contributed by atoms with van der Waals surface area (Å²) in [4.78, 5) is 8.69. The molecule has 1 unspecified atom stereocenters. The summed E-state index contributed by atoms with van der Waals surface area (Å²) in [5.74, 6) is 0. The molecule has 1 aliphatic rings. The zero-order valence-corrected chi connectivity index (χ0v) is 7.31. The number of rotatable bonds is 1. The first-order chi connectivity index (χ1) is 4.30. The van der Waals surface area contributed by atoms with Gasteiger partial charge in [-0.15, -0.1) is 0 Å². The average Bonchev–Trinajstić information content (AvgIpc) is 1.90. The van der Waals surface area contributed by atoms with Crippen LogP contribution in [-0.2, 0) is 4.57 Å². The molecule has 54 valence electrons. The van der Waals surface area contributed by atoms with Crippen molar-refractivity contribution in [3.63, 3.8) is 0 Å². The zero-order valence-electron chi connectivity index (χ0n) is 7.42. The smallest absolute Gasteiger partial charge is 1.00 e. The largest absolute Gasteiger partial charge is 1.00 e. The van der Waals surface area contributed by atoms with Gasteiger partial charge >= 0.3 is 26.9 Å². The zero-order chi connectivity index (χ0) is 6.69. The molecule has 0 aromatic rings. The van der Waals surface area contributed by atoms with Gasteiger partial charge in [-0.1, -0.05) is 6.42 Å². The van der Waals surface area contributed by atoms with Gasteiger partial charge in [0.05, 0.1) is 0 Å². The van der Waals surface area contributed by atoms with E-state index in [1.165, 1.54) is 6.42 Å². The second-order valence-corrected chi connectivity index (χ2v) is 3.93. The van der Waals surface area contributed by atoms with Crippen LogP contribution in [0.25, 0.3) is 0 Å². The van der Waals surface area contributed by atoms with E-state index in [0.717, 1.165) is 25.7 Å². The molecule has 0 aromatic heterocycles. The van der Waals surface area contributed by atoms with Crippen LogP contribution in [0.5, 0.6) is 0 Å². The van der Waals surface area contributed by atoms with E-state index in [-0.39, 0.29) is 25.9 Å². The van der Waals surface area contributed by atoms with Crippen LogP contribution >= 0.6 is 8.03 Å². The minimum absolute atomic E-state index is 0. The summed E-state index contributed by atoms with van der Waals surface area (Å²) < 4.78 is 10.5. The van der Waals surface area contributed by atoms with Crippen molar-refractivity contribution in [2.24, 2.45) is 0 Å². The van der Waals surface area contributed by atoms with Crippen molar-refractivity contribution < 1.29 is 29.7 Å². The normalized spacial score (nSPS) is 21.5. The first kappa shape index (κ1) is 10.7. The molecule has 1 aliphatic carbocycles. The van der Waals surface area contributed by atoms with Gasteiger partial charge in [0, 0.05) is 0 Å². The molecule has 0 bridgehead atoms. The van der Waals surface area contributed by atoms with E-state index in [0.29, 0.717) is 0 Å². The van der Waals surface area contributed by atoms with Gasteiger partial charge in [-0.05, 0) is 30.2 Å². The molecule has 2 nitrogen and oxygen atoms in total. The summed E-state index contributed by atoms with van der Waals surface area (Å²) >= 11 is 0. The standard InChI is InChI=1S/C6H11O2P.Li.H/c7-9(8)6-4-2-1-3-5-6;;/h6H,1-5H2;;/q;+1;-1/p+1. The Kier molecular flexibility index (Phi) is 5.68. The monoisotopic (exact) mass is 155 g/mol. The molecule has 0 heterocycles. The predicted molar refractivity (Wildman–Crippen MR) is 37.8 cm³/mol. The molecular formula is C6H13LiO2P+. The second kappa shape index (κ2) is 5.33.